The number of aliphatic hydroxyl groups is 1. The van der Waals surface area contributed by atoms with Gasteiger partial charge in [0.15, 0.2) is 0 Å². The molecule has 2 aliphatic heterocycles. The minimum Gasteiger partial charge on any atom is -0.399 e. The van der Waals surface area contributed by atoms with E-state index in [1.54, 1.807) is 0 Å². The summed E-state index contributed by atoms with van der Waals surface area (Å²) >= 11 is 0. The van der Waals surface area contributed by atoms with Crippen LogP contribution in [-0.2, 0) is 9.57 Å². The molecule has 120 valence electrons. The Morgan fingerprint density at radius 1 is 1.36 bits per heavy atom. The quantitative estimate of drug-likeness (QED) is 0.687. The van der Waals surface area contributed by atoms with Crippen molar-refractivity contribution in [1.29, 1.82) is 0 Å². The Morgan fingerprint density at radius 3 is 2.73 bits per heavy atom. The number of benzene rings is 1. The van der Waals surface area contributed by atoms with E-state index in [9.17, 15) is 9.50 Å². The summed E-state index contributed by atoms with van der Waals surface area (Å²) in [7, 11) is 1.53. The molecular formula is C17H22FNO3. The molecular weight excluding hydrogens is 285 g/mol. The van der Waals surface area contributed by atoms with E-state index in [1.165, 1.54) is 19.2 Å². The fraction of sp³-hybridized carbons (Fsp3) is 0.588. The van der Waals surface area contributed by atoms with Crippen molar-refractivity contribution < 1.29 is 19.1 Å². The van der Waals surface area contributed by atoms with Crippen LogP contribution < -0.4 is 0 Å². The van der Waals surface area contributed by atoms with Gasteiger partial charge in [-0.1, -0.05) is 24.2 Å². The van der Waals surface area contributed by atoms with Crippen molar-refractivity contribution in [3.8, 4) is 0 Å². The molecule has 0 spiro atoms. The summed E-state index contributed by atoms with van der Waals surface area (Å²) in [6.07, 6.45) is 1.52. The average Bonchev–Trinajstić information content (AvgIpc) is 2.81. The van der Waals surface area contributed by atoms with E-state index in [0.717, 1.165) is 24.1 Å². The number of ether oxygens (including phenoxy) is 1. The van der Waals surface area contributed by atoms with Gasteiger partial charge in [0.05, 0.1) is 24.0 Å². The third kappa shape index (κ3) is 2.75. The first-order valence-electron chi connectivity index (χ1n) is 7.83. The van der Waals surface area contributed by atoms with Crippen LogP contribution in [0.15, 0.2) is 29.4 Å². The molecule has 0 saturated carbocycles. The van der Waals surface area contributed by atoms with Gasteiger partial charge in [-0.15, -0.1) is 0 Å². The molecule has 1 aromatic rings. The Labute approximate surface area is 129 Å². The zero-order valence-electron chi connectivity index (χ0n) is 12.9. The summed E-state index contributed by atoms with van der Waals surface area (Å²) in [5.74, 6) is -0.115. The minimum absolute atomic E-state index is 0.0378. The third-order valence-corrected chi connectivity index (χ3v) is 4.79. The smallest absolute Gasteiger partial charge is 0.123 e. The Kier molecular flexibility index (Phi) is 4.45. The van der Waals surface area contributed by atoms with Gasteiger partial charge in [0, 0.05) is 12.3 Å². The molecule has 0 aliphatic carbocycles. The van der Waals surface area contributed by atoms with E-state index in [1.807, 2.05) is 19.1 Å². The summed E-state index contributed by atoms with van der Waals surface area (Å²) in [4.78, 5) is 4.98. The first kappa shape index (κ1) is 15.4. The van der Waals surface area contributed by atoms with E-state index in [4.69, 9.17) is 9.57 Å². The normalized spacial score (nSPS) is 34.7. The fourth-order valence-corrected chi connectivity index (χ4v) is 3.86. The number of nitrogens with zero attached hydrogens (tertiary/aromatic N) is 1. The van der Waals surface area contributed by atoms with Gasteiger partial charge in [0.2, 0.25) is 0 Å². The Bertz CT molecular complexity index is 545. The van der Waals surface area contributed by atoms with Crippen LogP contribution in [0, 0.1) is 11.7 Å². The van der Waals surface area contributed by atoms with Crippen molar-refractivity contribution in [3.63, 3.8) is 0 Å². The SMILES string of the molecule is CCC(=NOC)[C@H]1[C@H](c2ccc(F)cc2)CC2CC(O)[C@@H]1O2. The van der Waals surface area contributed by atoms with Crippen LogP contribution in [0.4, 0.5) is 4.39 Å². The number of oxime groups is 1. The standard InChI is InChI=1S/C17H22FNO3/c1-3-14(19-21-2)16-13(10-4-6-11(18)7-5-10)8-12-9-15(20)17(16)22-12/h4-7,12-13,15-17,20H,3,8-9H2,1-2H3/t12?,13-,15?,16+,17-/m0/s1. The summed E-state index contributed by atoms with van der Waals surface area (Å²) < 4.78 is 19.2. The molecule has 0 radical (unpaired) electrons. The van der Waals surface area contributed by atoms with Gasteiger partial charge in [-0.2, -0.15) is 0 Å². The second-order valence-electron chi connectivity index (χ2n) is 6.06. The molecule has 0 amide bonds. The zero-order valence-corrected chi connectivity index (χ0v) is 12.9. The maximum Gasteiger partial charge on any atom is 0.123 e. The Morgan fingerprint density at radius 2 is 2.09 bits per heavy atom. The molecule has 2 bridgehead atoms. The van der Waals surface area contributed by atoms with Gasteiger partial charge in [0.25, 0.3) is 0 Å². The molecule has 5 atom stereocenters. The van der Waals surface area contributed by atoms with Crippen LogP contribution in [0.2, 0.25) is 0 Å². The van der Waals surface area contributed by atoms with Crippen molar-refractivity contribution in [2.24, 2.45) is 11.1 Å². The lowest BCUT2D eigenvalue weighted by molar-refractivity contribution is -0.0509. The van der Waals surface area contributed by atoms with Crippen molar-refractivity contribution in [2.45, 2.75) is 50.4 Å². The summed E-state index contributed by atoms with van der Waals surface area (Å²) in [6, 6.07) is 6.62. The Hall–Kier alpha value is -1.46. The van der Waals surface area contributed by atoms with Crippen LogP contribution in [0.5, 0.6) is 0 Å². The van der Waals surface area contributed by atoms with Gasteiger partial charge in [-0.3, -0.25) is 0 Å². The highest BCUT2D eigenvalue weighted by Crippen LogP contribution is 2.46. The van der Waals surface area contributed by atoms with Crippen LogP contribution in [-0.4, -0.2) is 36.2 Å². The van der Waals surface area contributed by atoms with Crippen LogP contribution >= 0.6 is 0 Å². The van der Waals surface area contributed by atoms with Crippen LogP contribution in [0.25, 0.3) is 0 Å². The number of halogens is 1. The predicted octanol–water partition coefficient (Wildman–Crippen LogP) is 2.86. The van der Waals surface area contributed by atoms with Crippen molar-refractivity contribution in [3.05, 3.63) is 35.6 Å². The molecule has 2 fully saturated rings. The summed E-state index contributed by atoms with van der Waals surface area (Å²) in [5.41, 5.74) is 1.96. The van der Waals surface area contributed by atoms with Crippen molar-refractivity contribution >= 4 is 5.71 Å². The van der Waals surface area contributed by atoms with Gasteiger partial charge in [0.1, 0.15) is 12.9 Å². The molecule has 2 heterocycles. The predicted molar refractivity (Wildman–Crippen MR) is 81.3 cm³/mol. The molecule has 1 N–H and O–H groups in total. The fourth-order valence-electron chi connectivity index (χ4n) is 3.86. The molecule has 0 aromatic heterocycles. The molecule has 5 heteroatoms. The van der Waals surface area contributed by atoms with Crippen LogP contribution in [0.1, 0.15) is 37.7 Å². The number of rotatable bonds is 4. The minimum atomic E-state index is -0.478. The lowest BCUT2D eigenvalue weighted by Crippen LogP contribution is -2.42. The third-order valence-electron chi connectivity index (χ3n) is 4.79. The highest BCUT2D eigenvalue weighted by Gasteiger charge is 2.50. The summed E-state index contributed by atoms with van der Waals surface area (Å²) in [5, 5.41) is 14.5. The topological polar surface area (TPSA) is 51.0 Å². The molecule has 2 aliphatic rings. The van der Waals surface area contributed by atoms with Gasteiger partial charge < -0.3 is 14.7 Å². The summed E-state index contributed by atoms with van der Waals surface area (Å²) in [6.45, 7) is 2.02. The maximum atomic E-state index is 13.2. The molecule has 4 nitrogen and oxygen atoms in total. The first-order valence-corrected chi connectivity index (χ1v) is 7.83. The second kappa shape index (κ2) is 6.34. The molecule has 2 saturated heterocycles. The lowest BCUT2D eigenvalue weighted by Gasteiger charge is -2.38. The number of hydrogen-bond donors (Lipinski definition) is 1. The van der Waals surface area contributed by atoms with E-state index in [0.29, 0.717) is 6.42 Å². The van der Waals surface area contributed by atoms with E-state index < -0.39 is 6.10 Å². The molecule has 2 unspecified atom stereocenters. The van der Waals surface area contributed by atoms with Crippen molar-refractivity contribution in [1.82, 2.24) is 0 Å². The Balaban J connectivity index is 1.98. The monoisotopic (exact) mass is 307 g/mol. The zero-order chi connectivity index (χ0) is 15.7. The molecule has 1 aromatic carbocycles. The maximum absolute atomic E-state index is 13.2. The average molecular weight is 307 g/mol. The van der Waals surface area contributed by atoms with Gasteiger partial charge >= 0.3 is 0 Å². The van der Waals surface area contributed by atoms with Crippen LogP contribution in [0.3, 0.4) is 0 Å². The number of aliphatic hydroxyl groups excluding tert-OH is 1. The second-order valence-corrected chi connectivity index (χ2v) is 6.06. The van der Waals surface area contributed by atoms with E-state index in [2.05, 4.69) is 5.16 Å². The molecule has 22 heavy (non-hydrogen) atoms. The van der Waals surface area contributed by atoms with Gasteiger partial charge in [-0.05, 0) is 36.5 Å². The number of hydrogen-bond acceptors (Lipinski definition) is 4. The van der Waals surface area contributed by atoms with E-state index in [-0.39, 0.29) is 29.9 Å². The first-order chi connectivity index (χ1) is 10.6. The number of fused-ring (bicyclic) bond motifs is 2. The van der Waals surface area contributed by atoms with Crippen molar-refractivity contribution in [2.75, 3.05) is 7.11 Å². The van der Waals surface area contributed by atoms with Gasteiger partial charge in [-0.25, -0.2) is 4.39 Å². The van der Waals surface area contributed by atoms with E-state index >= 15 is 0 Å². The highest BCUT2D eigenvalue weighted by molar-refractivity contribution is 5.87. The lowest BCUT2D eigenvalue weighted by atomic mass is 9.75. The molecule has 3 rings (SSSR count). The largest absolute Gasteiger partial charge is 0.399 e. The highest BCUT2D eigenvalue weighted by atomic mass is 19.1.